The Morgan fingerprint density at radius 2 is 2.44 bits per heavy atom. The van der Waals surface area contributed by atoms with Gasteiger partial charge in [0.05, 0.1) is 5.88 Å². The van der Waals surface area contributed by atoms with Gasteiger partial charge in [0, 0.05) is 6.54 Å². The molecule has 9 heavy (non-hydrogen) atoms. The molecule has 3 nitrogen and oxygen atoms in total. The molecule has 3 N–H and O–H groups in total. The molecular weight excluding hydrogens is 134 g/mol. The Labute approximate surface area is 60.1 Å². The van der Waals surface area contributed by atoms with Gasteiger partial charge in [0.2, 0.25) is 0 Å². The van der Waals surface area contributed by atoms with Gasteiger partial charge in [0.15, 0.2) is 0 Å². The largest absolute Gasteiger partial charge is 0.325 e. The van der Waals surface area contributed by atoms with E-state index in [2.05, 4.69) is 10.5 Å². The highest BCUT2D eigenvalue weighted by atomic mass is 32.2. The molecule has 4 heteroatoms. The third-order valence-electron chi connectivity index (χ3n) is 0.682. The average Bonchev–Trinajstić information content (AvgIpc) is 2.43. The van der Waals surface area contributed by atoms with E-state index in [0.717, 1.165) is 10.9 Å². The van der Waals surface area contributed by atoms with Crippen LogP contribution in [0.25, 0.3) is 0 Å². The lowest BCUT2D eigenvalue weighted by Crippen LogP contribution is -2.07. The van der Waals surface area contributed by atoms with Crippen molar-refractivity contribution < 1.29 is 0 Å². The van der Waals surface area contributed by atoms with Crippen molar-refractivity contribution in [3.63, 3.8) is 0 Å². The SMILES string of the molecule is CC.NCC1=NNCS1. The molecule has 0 atom stereocenters. The van der Waals surface area contributed by atoms with Gasteiger partial charge in [-0.3, -0.25) is 5.43 Å². The summed E-state index contributed by atoms with van der Waals surface area (Å²) in [4.78, 5) is 0. The fourth-order valence-electron chi connectivity index (χ4n) is 0.373. The zero-order chi connectivity index (χ0) is 7.11. The number of nitrogens with one attached hydrogen (secondary N) is 1. The Bertz CT molecular complexity index is 92.2. The van der Waals surface area contributed by atoms with Crippen LogP contribution < -0.4 is 11.2 Å². The van der Waals surface area contributed by atoms with Gasteiger partial charge in [0.25, 0.3) is 0 Å². The fourth-order valence-corrected chi connectivity index (χ4v) is 0.916. The molecule has 1 aliphatic rings. The molecule has 1 heterocycles. The normalized spacial score (nSPS) is 15.2. The molecule has 0 saturated heterocycles. The van der Waals surface area contributed by atoms with Crippen LogP contribution >= 0.6 is 11.8 Å². The fraction of sp³-hybridized carbons (Fsp3) is 0.800. The first-order valence-electron chi connectivity index (χ1n) is 3.06. The predicted octanol–water partition coefficient (Wildman–Crippen LogP) is 0.579. The van der Waals surface area contributed by atoms with E-state index >= 15 is 0 Å². The molecule has 0 aliphatic carbocycles. The van der Waals surface area contributed by atoms with Crippen LogP contribution in [0.3, 0.4) is 0 Å². The molecule has 0 bridgehead atoms. The average molecular weight is 147 g/mol. The molecular formula is C5H13N3S. The van der Waals surface area contributed by atoms with Crippen molar-refractivity contribution >= 4 is 16.8 Å². The summed E-state index contributed by atoms with van der Waals surface area (Å²) < 4.78 is 0. The first-order chi connectivity index (χ1) is 4.43. The number of nitrogens with two attached hydrogens (primary N) is 1. The van der Waals surface area contributed by atoms with Gasteiger partial charge in [0.1, 0.15) is 5.04 Å². The van der Waals surface area contributed by atoms with E-state index in [-0.39, 0.29) is 0 Å². The second kappa shape index (κ2) is 5.91. The van der Waals surface area contributed by atoms with Crippen molar-refractivity contribution in [2.24, 2.45) is 10.8 Å². The third kappa shape index (κ3) is 3.37. The molecule has 1 rings (SSSR count). The van der Waals surface area contributed by atoms with Crippen LogP contribution in [0.4, 0.5) is 0 Å². The predicted molar refractivity (Wildman–Crippen MR) is 43.4 cm³/mol. The summed E-state index contributed by atoms with van der Waals surface area (Å²) in [5.41, 5.74) is 8.04. The molecule has 0 spiro atoms. The maximum atomic E-state index is 5.24. The van der Waals surface area contributed by atoms with Crippen LogP contribution in [0.15, 0.2) is 5.10 Å². The van der Waals surface area contributed by atoms with E-state index in [1.807, 2.05) is 13.8 Å². The smallest absolute Gasteiger partial charge is 0.108 e. The van der Waals surface area contributed by atoms with Crippen molar-refractivity contribution in [1.82, 2.24) is 5.43 Å². The topological polar surface area (TPSA) is 50.4 Å². The van der Waals surface area contributed by atoms with Crippen LogP contribution in [0.5, 0.6) is 0 Å². The lowest BCUT2D eigenvalue weighted by molar-refractivity contribution is 0.890. The Kier molecular flexibility index (Phi) is 5.76. The molecule has 54 valence electrons. The minimum absolute atomic E-state index is 0.567. The van der Waals surface area contributed by atoms with E-state index < -0.39 is 0 Å². The molecule has 0 aromatic carbocycles. The number of hydrogen-bond acceptors (Lipinski definition) is 4. The molecule has 0 amide bonds. The Morgan fingerprint density at radius 1 is 1.78 bits per heavy atom. The summed E-state index contributed by atoms with van der Waals surface area (Å²) >= 11 is 1.66. The van der Waals surface area contributed by atoms with Crippen molar-refractivity contribution in [3.8, 4) is 0 Å². The number of thioether (sulfide) groups is 1. The van der Waals surface area contributed by atoms with Crippen molar-refractivity contribution in [2.45, 2.75) is 13.8 Å². The van der Waals surface area contributed by atoms with E-state index in [1.165, 1.54) is 0 Å². The van der Waals surface area contributed by atoms with Gasteiger partial charge in [-0.05, 0) is 0 Å². The monoisotopic (exact) mass is 147 g/mol. The highest BCUT2D eigenvalue weighted by Gasteiger charge is 2.01. The molecule has 0 unspecified atom stereocenters. The maximum absolute atomic E-state index is 5.24. The van der Waals surface area contributed by atoms with E-state index in [4.69, 9.17) is 5.73 Å². The molecule has 0 aromatic heterocycles. The van der Waals surface area contributed by atoms with Crippen LogP contribution in [-0.2, 0) is 0 Å². The van der Waals surface area contributed by atoms with E-state index in [1.54, 1.807) is 11.8 Å². The number of hydrogen-bond donors (Lipinski definition) is 2. The Hall–Kier alpha value is -0.220. The summed E-state index contributed by atoms with van der Waals surface area (Å²) in [6.07, 6.45) is 0. The molecule has 1 aliphatic heterocycles. The number of hydrazone groups is 1. The minimum atomic E-state index is 0.567. The molecule has 0 radical (unpaired) electrons. The lowest BCUT2D eigenvalue weighted by Gasteiger charge is -1.83. The lowest BCUT2D eigenvalue weighted by atomic mass is 10.7. The zero-order valence-corrected chi connectivity index (χ0v) is 6.66. The molecule has 0 aromatic rings. The standard InChI is InChI=1S/C3H7N3S.C2H6/c4-1-3-6-5-2-7-3;1-2/h5H,1-2,4H2;1-2H3. The highest BCUT2D eigenvalue weighted by molar-refractivity contribution is 8.14. The van der Waals surface area contributed by atoms with Gasteiger partial charge >= 0.3 is 0 Å². The van der Waals surface area contributed by atoms with Crippen LogP contribution in [0.2, 0.25) is 0 Å². The molecule has 0 fully saturated rings. The Morgan fingerprint density at radius 3 is 2.67 bits per heavy atom. The van der Waals surface area contributed by atoms with Gasteiger partial charge in [-0.1, -0.05) is 25.6 Å². The zero-order valence-electron chi connectivity index (χ0n) is 5.85. The summed E-state index contributed by atoms with van der Waals surface area (Å²) in [5.74, 6) is 0.881. The van der Waals surface area contributed by atoms with Gasteiger partial charge in [-0.15, -0.1) is 0 Å². The second-order valence-electron chi connectivity index (χ2n) is 1.16. The number of nitrogens with zero attached hydrogens (tertiary/aromatic N) is 1. The van der Waals surface area contributed by atoms with Gasteiger partial charge < -0.3 is 5.73 Å². The summed E-state index contributed by atoms with van der Waals surface area (Å²) in [6.45, 7) is 4.57. The van der Waals surface area contributed by atoms with Crippen molar-refractivity contribution in [1.29, 1.82) is 0 Å². The Balaban J connectivity index is 0.000000291. The van der Waals surface area contributed by atoms with Crippen molar-refractivity contribution in [3.05, 3.63) is 0 Å². The quantitative estimate of drug-likeness (QED) is 0.570. The van der Waals surface area contributed by atoms with Crippen LogP contribution in [0, 0.1) is 0 Å². The van der Waals surface area contributed by atoms with E-state index in [0.29, 0.717) is 6.54 Å². The van der Waals surface area contributed by atoms with Gasteiger partial charge in [-0.2, -0.15) is 5.10 Å². The number of rotatable bonds is 1. The highest BCUT2D eigenvalue weighted by Crippen LogP contribution is 2.04. The summed E-state index contributed by atoms with van der Waals surface area (Å²) in [5, 5.41) is 4.86. The summed E-state index contributed by atoms with van der Waals surface area (Å²) in [6, 6.07) is 0. The minimum Gasteiger partial charge on any atom is -0.325 e. The first-order valence-corrected chi connectivity index (χ1v) is 4.04. The van der Waals surface area contributed by atoms with Crippen LogP contribution in [-0.4, -0.2) is 17.5 Å². The third-order valence-corrected chi connectivity index (χ3v) is 1.55. The summed E-state index contributed by atoms with van der Waals surface area (Å²) in [7, 11) is 0. The van der Waals surface area contributed by atoms with Crippen molar-refractivity contribution in [2.75, 3.05) is 12.4 Å². The first kappa shape index (κ1) is 8.78. The van der Waals surface area contributed by atoms with E-state index in [9.17, 15) is 0 Å². The van der Waals surface area contributed by atoms with Gasteiger partial charge in [-0.25, -0.2) is 0 Å². The second-order valence-corrected chi connectivity index (χ2v) is 2.21. The maximum Gasteiger partial charge on any atom is 0.108 e. The molecule has 0 saturated carbocycles. The van der Waals surface area contributed by atoms with Crippen LogP contribution in [0.1, 0.15) is 13.8 Å².